The summed E-state index contributed by atoms with van der Waals surface area (Å²) in [5.74, 6) is -0.190. The van der Waals surface area contributed by atoms with Gasteiger partial charge in [-0.1, -0.05) is 17.8 Å². The van der Waals surface area contributed by atoms with Crippen molar-refractivity contribution in [1.82, 2.24) is 9.80 Å². The van der Waals surface area contributed by atoms with Crippen LogP contribution in [-0.4, -0.2) is 112 Å². The highest BCUT2D eigenvalue weighted by molar-refractivity contribution is 7.99. The van der Waals surface area contributed by atoms with Gasteiger partial charge in [-0.3, -0.25) is 23.5 Å². The molecule has 0 radical (unpaired) electrons. The molecule has 234 valence electrons. The molecule has 18 heteroatoms. The second-order valence-corrected chi connectivity index (χ2v) is 14.7. The minimum Gasteiger partial charge on any atom is -0.399 e. The second-order valence-electron chi connectivity index (χ2n) is 9.17. The van der Waals surface area contributed by atoms with E-state index in [0.717, 1.165) is 54.6 Å². The lowest BCUT2D eigenvalue weighted by Crippen LogP contribution is -2.48. The summed E-state index contributed by atoms with van der Waals surface area (Å²) in [6, 6.07) is 11.4. The molecule has 1 saturated heterocycles. The first-order valence-corrected chi connectivity index (χ1v) is 18.2. The van der Waals surface area contributed by atoms with Crippen molar-refractivity contribution in [2.24, 2.45) is 0 Å². The number of rotatable bonds is 3. The molecule has 1 fully saturated rings. The van der Waals surface area contributed by atoms with Crippen LogP contribution in [0.5, 0.6) is 0 Å². The maximum absolute atomic E-state index is 13.8. The van der Waals surface area contributed by atoms with Gasteiger partial charge in [0, 0.05) is 54.2 Å². The number of nitrogen functional groups attached to an aromatic ring is 1. The first-order valence-electron chi connectivity index (χ1n) is 11.8. The third-order valence-corrected chi connectivity index (χ3v) is 6.51. The Bertz CT molecular complexity index is 1370. The fourth-order valence-electron chi connectivity index (χ4n) is 3.91. The Balaban J connectivity index is 0.000000465. The number of anilines is 1. The van der Waals surface area contributed by atoms with Crippen LogP contribution in [0.2, 0.25) is 0 Å². The van der Waals surface area contributed by atoms with Gasteiger partial charge >= 0.3 is 0 Å². The predicted octanol–water partition coefficient (Wildman–Crippen LogP) is 1.28. The minimum atomic E-state index is -3.67. The number of piperazine rings is 1. The standard InChI is InChI=1S/C20H24FN3OS.3CH4O3S/c21-15-2-1-14-11-18(24-7-5-23(6-8-24)9-10-25)17-13-16(22)3-4-19(17)26-20(14)12-15;3*1-5(2,3)4/h1-4,12-13,18,25H,5-11,22H2;3*1H3,(H,2,3,4). The van der Waals surface area contributed by atoms with Crippen molar-refractivity contribution in [2.45, 2.75) is 22.3 Å². The lowest BCUT2D eigenvalue weighted by Gasteiger charge is -2.39. The van der Waals surface area contributed by atoms with Crippen molar-refractivity contribution < 1.29 is 48.4 Å². The zero-order valence-electron chi connectivity index (χ0n) is 22.7. The second kappa shape index (κ2) is 16.1. The van der Waals surface area contributed by atoms with Gasteiger partial charge in [0.2, 0.25) is 0 Å². The molecular formula is C23H36FN3O10S4. The van der Waals surface area contributed by atoms with Gasteiger partial charge in [0.05, 0.1) is 25.4 Å². The maximum atomic E-state index is 13.8. The highest BCUT2D eigenvalue weighted by atomic mass is 32.2. The Morgan fingerprint density at radius 1 is 0.854 bits per heavy atom. The van der Waals surface area contributed by atoms with Gasteiger partial charge in [0.15, 0.2) is 0 Å². The van der Waals surface area contributed by atoms with Crippen LogP contribution in [0.3, 0.4) is 0 Å². The smallest absolute Gasteiger partial charge is 0.261 e. The molecule has 2 aromatic rings. The Labute approximate surface area is 244 Å². The predicted molar refractivity (Wildman–Crippen MR) is 155 cm³/mol. The fourth-order valence-corrected chi connectivity index (χ4v) is 5.05. The number of hydrogen-bond donors (Lipinski definition) is 5. The topological polar surface area (TPSA) is 216 Å². The lowest BCUT2D eigenvalue weighted by molar-refractivity contribution is 0.0823. The number of halogens is 1. The molecule has 0 aliphatic carbocycles. The average Bonchev–Trinajstić information content (AvgIpc) is 2.93. The van der Waals surface area contributed by atoms with Crippen molar-refractivity contribution >= 4 is 47.8 Å². The van der Waals surface area contributed by atoms with E-state index in [1.807, 2.05) is 12.1 Å². The number of nitrogens with zero attached hydrogens (tertiary/aromatic N) is 2. The summed E-state index contributed by atoms with van der Waals surface area (Å²) in [4.78, 5) is 6.96. The summed E-state index contributed by atoms with van der Waals surface area (Å²) in [5, 5.41) is 9.16. The molecule has 1 atom stereocenters. The van der Waals surface area contributed by atoms with E-state index in [4.69, 9.17) is 24.5 Å². The Kier molecular flexibility index (Phi) is 14.6. The number of β-amino-alcohol motifs (C(OH)–C–C–N with tert-alkyl or cyclic N) is 1. The average molecular weight is 662 g/mol. The van der Waals surface area contributed by atoms with Crippen LogP contribution in [0.15, 0.2) is 46.2 Å². The number of fused-ring (bicyclic) bond motifs is 2. The lowest BCUT2D eigenvalue weighted by atomic mass is 9.96. The molecule has 0 saturated carbocycles. The summed E-state index contributed by atoms with van der Waals surface area (Å²) in [5.41, 5.74) is 9.29. The fraction of sp³-hybridized carbons (Fsp3) is 0.478. The Hall–Kier alpha value is -1.87. The first kappa shape index (κ1) is 37.2. The van der Waals surface area contributed by atoms with E-state index in [1.54, 1.807) is 23.9 Å². The molecular weight excluding hydrogens is 626 g/mol. The van der Waals surface area contributed by atoms with Crippen molar-refractivity contribution in [1.29, 1.82) is 0 Å². The van der Waals surface area contributed by atoms with Crippen LogP contribution in [0.25, 0.3) is 0 Å². The van der Waals surface area contributed by atoms with Crippen LogP contribution >= 0.6 is 11.8 Å². The summed E-state index contributed by atoms with van der Waals surface area (Å²) in [7, 11) is -11.0. The van der Waals surface area contributed by atoms with E-state index < -0.39 is 30.4 Å². The zero-order valence-corrected chi connectivity index (χ0v) is 26.0. The molecule has 1 unspecified atom stereocenters. The van der Waals surface area contributed by atoms with Crippen LogP contribution in [-0.2, 0) is 36.8 Å². The van der Waals surface area contributed by atoms with Crippen LogP contribution in [0, 0.1) is 5.82 Å². The maximum Gasteiger partial charge on any atom is 0.261 e. The van der Waals surface area contributed by atoms with Crippen LogP contribution < -0.4 is 5.73 Å². The Morgan fingerprint density at radius 3 is 1.85 bits per heavy atom. The number of hydrogen-bond acceptors (Lipinski definition) is 11. The molecule has 0 aromatic heterocycles. The molecule has 41 heavy (non-hydrogen) atoms. The van der Waals surface area contributed by atoms with E-state index in [0.29, 0.717) is 18.8 Å². The van der Waals surface area contributed by atoms with E-state index in [-0.39, 0.29) is 18.5 Å². The molecule has 2 aromatic carbocycles. The van der Waals surface area contributed by atoms with Crippen molar-refractivity contribution in [3.63, 3.8) is 0 Å². The van der Waals surface area contributed by atoms with Crippen LogP contribution in [0.1, 0.15) is 17.2 Å². The molecule has 13 nitrogen and oxygen atoms in total. The summed E-state index contributed by atoms with van der Waals surface area (Å²) in [6.07, 6.45) is 3.01. The molecule has 0 bridgehead atoms. The third-order valence-electron chi connectivity index (χ3n) is 5.32. The van der Waals surface area contributed by atoms with E-state index in [1.165, 1.54) is 11.1 Å². The van der Waals surface area contributed by atoms with Gasteiger partial charge in [0.1, 0.15) is 5.82 Å². The zero-order chi connectivity index (χ0) is 31.6. The van der Waals surface area contributed by atoms with Gasteiger partial charge in [0.25, 0.3) is 30.4 Å². The van der Waals surface area contributed by atoms with E-state index in [9.17, 15) is 29.6 Å². The molecule has 4 rings (SSSR count). The van der Waals surface area contributed by atoms with Gasteiger partial charge in [-0.2, -0.15) is 25.3 Å². The van der Waals surface area contributed by atoms with Gasteiger partial charge in [-0.25, -0.2) is 4.39 Å². The quantitative estimate of drug-likeness (QED) is 0.231. The highest BCUT2D eigenvalue weighted by Crippen LogP contribution is 2.43. The van der Waals surface area contributed by atoms with Gasteiger partial charge in [-0.15, -0.1) is 0 Å². The van der Waals surface area contributed by atoms with Crippen molar-refractivity contribution in [3.8, 4) is 0 Å². The van der Waals surface area contributed by atoms with Crippen LogP contribution in [0.4, 0.5) is 10.1 Å². The van der Waals surface area contributed by atoms with Crippen molar-refractivity contribution in [3.05, 3.63) is 53.3 Å². The molecule has 0 spiro atoms. The molecule has 2 heterocycles. The third kappa shape index (κ3) is 17.6. The number of aliphatic hydroxyl groups excluding tert-OH is 1. The summed E-state index contributed by atoms with van der Waals surface area (Å²) in [6.45, 7) is 4.77. The van der Waals surface area contributed by atoms with Gasteiger partial charge < -0.3 is 10.8 Å². The first-order chi connectivity index (χ1) is 18.6. The summed E-state index contributed by atoms with van der Waals surface area (Å²) < 4.78 is 91.4. The van der Waals surface area contributed by atoms with E-state index in [2.05, 4.69) is 21.9 Å². The molecule has 6 N–H and O–H groups in total. The number of nitrogens with two attached hydrogens (primary N) is 1. The Morgan fingerprint density at radius 2 is 1.37 bits per heavy atom. The highest BCUT2D eigenvalue weighted by Gasteiger charge is 2.30. The van der Waals surface area contributed by atoms with Gasteiger partial charge in [-0.05, 0) is 47.9 Å². The SMILES string of the molecule is CS(=O)(=O)O.CS(=O)(=O)O.CS(=O)(=O)O.Nc1ccc2c(c1)C(N1CCN(CCO)CC1)Cc1ccc(F)cc1S2. The minimum absolute atomic E-state index is 0.190. The molecule has 2 aliphatic rings. The van der Waals surface area contributed by atoms with E-state index >= 15 is 0 Å². The number of benzene rings is 2. The summed E-state index contributed by atoms with van der Waals surface area (Å²) >= 11 is 1.64. The largest absolute Gasteiger partial charge is 0.399 e. The monoisotopic (exact) mass is 661 g/mol. The molecule has 2 aliphatic heterocycles. The number of aliphatic hydroxyl groups is 1. The normalized spacial score (nSPS) is 17.6. The van der Waals surface area contributed by atoms with Crippen molar-refractivity contribution in [2.75, 3.05) is 63.8 Å². The molecule has 0 amide bonds.